The van der Waals surface area contributed by atoms with E-state index in [1.807, 2.05) is 0 Å². The highest BCUT2D eigenvalue weighted by atomic mass is 16.5. The Balaban J connectivity index is 1.50. The number of para-hydroxylation sites is 1. The Morgan fingerprint density at radius 2 is 1.83 bits per heavy atom. The first-order valence-electron chi connectivity index (χ1n) is 11.8. The van der Waals surface area contributed by atoms with Crippen LogP contribution < -0.4 is 15.4 Å². The summed E-state index contributed by atoms with van der Waals surface area (Å²) in [7, 11) is 1.40. The van der Waals surface area contributed by atoms with Crippen molar-refractivity contribution in [1.82, 2.24) is 15.5 Å². The number of ether oxygens (including phenoxy) is 2. The van der Waals surface area contributed by atoms with Gasteiger partial charge in [-0.15, -0.1) is 0 Å². The normalized spacial score (nSPS) is 22.1. The van der Waals surface area contributed by atoms with Crippen LogP contribution in [0, 0.1) is 11.3 Å². The molecule has 1 heterocycles. The second-order valence-corrected chi connectivity index (χ2v) is 9.76. The van der Waals surface area contributed by atoms with Gasteiger partial charge in [0.2, 0.25) is 0 Å². The fraction of sp³-hybridized carbons (Fsp3) is 0.560. The molecule has 1 aliphatic carbocycles. The lowest BCUT2D eigenvalue weighted by Gasteiger charge is -2.42. The zero-order valence-electron chi connectivity index (χ0n) is 20.6. The van der Waals surface area contributed by atoms with E-state index in [9.17, 15) is 24.0 Å². The topological polar surface area (TPSA) is 131 Å². The van der Waals surface area contributed by atoms with E-state index in [1.165, 1.54) is 13.2 Å². The first-order valence-corrected chi connectivity index (χ1v) is 11.8. The fourth-order valence-corrected chi connectivity index (χ4v) is 4.72. The summed E-state index contributed by atoms with van der Waals surface area (Å²) in [5.41, 5.74) is -0.683. The van der Waals surface area contributed by atoms with E-state index < -0.39 is 48.4 Å². The number of esters is 1. The molecule has 2 N–H and O–H groups in total. The third-order valence-electron chi connectivity index (χ3n) is 7.36. The second kappa shape index (κ2) is 10.5. The number of imide groups is 2. The van der Waals surface area contributed by atoms with Gasteiger partial charge in [0.05, 0.1) is 12.7 Å². The van der Waals surface area contributed by atoms with Gasteiger partial charge in [0.1, 0.15) is 17.8 Å². The Bertz CT molecular complexity index is 1010. The van der Waals surface area contributed by atoms with Crippen LogP contribution in [0.25, 0.3) is 0 Å². The first kappa shape index (κ1) is 26.2. The molecule has 0 atom stereocenters. The number of hydrogen-bond acceptors (Lipinski definition) is 7. The quantitative estimate of drug-likeness (QED) is 0.425. The predicted octanol–water partition coefficient (Wildman–Crippen LogP) is 2.41. The summed E-state index contributed by atoms with van der Waals surface area (Å²) in [5, 5.41) is 4.89. The SMILES string of the molecule is CCC(C)(C)C1CCC2(CC1)NC(=O)N(CC(=O)OCC(=O)NC(=O)c1ccccc1OC)C2=O. The Morgan fingerprint density at radius 3 is 2.46 bits per heavy atom. The standard InChI is InChI=1S/C25H33N3O7/c1-5-24(2,3)16-10-12-25(13-11-16)22(32)28(23(33)27-25)14-20(30)35-15-19(29)26-21(31)17-8-6-7-9-18(17)34-4/h6-9,16H,5,10-15H2,1-4H3,(H,27,33)(H,26,29,31). The summed E-state index contributed by atoms with van der Waals surface area (Å²) in [6.45, 7) is 5.24. The van der Waals surface area contributed by atoms with Gasteiger partial charge in [-0.1, -0.05) is 39.3 Å². The maximum atomic E-state index is 13.1. The van der Waals surface area contributed by atoms with E-state index in [2.05, 4.69) is 31.4 Å². The molecule has 1 saturated carbocycles. The van der Waals surface area contributed by atoms with Crippen LogP contribution in [0.3, 0.4) is 0 Å². The fourth-order valence-electron chi connectivity index (χ4n) is 4.72. The summed E-state index contributed by atoms with van der Waals surface area (Å²) in [6.07, 6.45) is 3.69. The molecule has 0 aromatic heterocycles. The number of hydrogen-bond donors (Lipinski definition) is 2. The second-order valence-electron chi connectivity index (χ2n) is 9.76. The maximum Gasteiger partial charge on any atom is 0.326 e. The van der Waals surface area contributed by atoms with E-state index in [0.717, 1.165) is 24.2 Å². The zero-order valence-corrected chi connectivity index (χ0v) is 20.6. The van der Waals surface area contributed by atoms with Crippen LogP contribution in [0.4, 0.5) is 4.79 Å². The molecule has 1 spiro atoms. The van der Waals surface area contributed by atoms with Crippen molar-refractivity contribution in [3.63, 3.8) is 0 Å². The minimum absolute atomic E-state index is 0.149. The number of amides is 5. The van der Waals surface area contributed by atoms with Crippen molar-refractivity contribution in [2.24, 2.45) is 11.3 Å². The minimum Gasteiger partial charge on any atom is -0.496 e. The van der Waals surface area contributed by atoms with Crippen LogP contribution >= 0.6 is 0 Å². The molecule has 190 valence electrons. The Labute approximate surface area is 204 Å². The highest BCUT2D eigenvalue weighted by Crippen LogP contribution is 2.45. The van der Waals surface area contributed by atoms with Gasteiger partial charge in [-0.05, 0) is 49.1 Å². The minimum atomic E-state index is -0.990. The summed E-state index contributed by atoms with van der Waals surface area (Å²) < 4.78 is 9.98. The molecule has 5 amide bonds. The molecule has 3 rings (SSSR count). The number of nitrogens with one attached hydrogen (secondary N) is 2. The van der Waals surface area contributed by atoms with Crippen LogP contribution in [0.5, 0.6) is 5.75 Å². The van der Waals surface area contributed by atoms with Gasteiger partial charge in [0.25, 0.3) is 17.7 Å². The van der Waals surface area contributed by atoms with Crippen molar-refractivity contribution in [3.05, 3.63) is 29.8 Å². The van der Waals surface area contributed by atoms with Gasteiger partial charge in [-0.3, -0.25) is 29.4 Å². The predicted molar refractivity (Wildman–Crippen MR) is 125 cm³/mol. The molecule has 2 fully saturated rings. The first-order chi connectivity index (χ1) is 16.5. The molecular formula is C25H33N3O7. The monoisotopic (exact) mass is 487 g/mol. The van der Waals surface area contributed by atoms with Crippen molar-refractivity contribution in [3.8, 4) is 5.75 Å². The average Bonchev–Trinajstić information content (AvgIpc) is 3.06. The number of carbonyl (C=O) groups is 5. The van der Waals surface area contributed by atoms with Crippen LogP contribution in [-0.4, -0.2) is 60.4 Å². The van der Waals surface area contributed by atoms with Crippen LogP contribution in [0.1, 0.15) is 63.2 Å². The lowest BCUT2D eigenvalue weighted by Crippen LogP contribution is -2.51. The number of methoxy groups -OCH3 is 1. The molecule has 35 heavy (non-hydrogen) atoms. The van der Waals surface area contributed by atoms with Crippen molar-refractivity contribution < 1.29 is 33.4 Å². The number of carbonyl (C=O) groups excluding carboxylic acids is 5. The van der Waals surface area contributed by atoms with Gasteiger partial charge in [0, 0.05) is 0 Å². The van der Waals surface area contributed by atoms with Crippen molar-refractivity contribution >= 4 is 29.7 Å². The molecule has 1 saturated heterocycles. The number of rotatable bonds is 8. The molecular weight excluding hydrogens is 454 g/mol. The third-order valence-corrected chi connectivity index (χ3v) is 7.36. The molecule has 10 heteroatoms. The Kier molecular flexibility index (Phi) is 7.82. The highest BCUT2D eigenvalue weighted by Gasteiger charge is 2.53. The lowest BCUT2D eigenvalue weighted by molar-refractivity contribution is -0.151. The van der Waals surface area contributed by atoms with Crippen LogP contribution in [0.2, 0.25) is 0 Å². The summed E-state index contributed by atoms with van der Waals surface area (Å²) in [6, 6.07) is 5.70. The van der Waals surface area contributed by atoms with Gasteiger partial charge >= 0.3 is 12.0 Å². The van der Waals surface area contributed by atoms with E-state index in [0.29, 0.717) is 18.8 Å². The third kappa shape index (κ3) is 5.63. The zero-order chi connectivity index (χ0) is 25.8. The van der Waals surface area contributed by atoms with E-state index in [1.54, 1.807) is 18.2 Å². The highest BCUT2D eigenvalue weighted by molar-refractivity contribution is 6.09. The summed E-state index contributed by atoms with van der Waals surface area (Å²) >= 11 is 0. The summed E-state index contributed by atoms with van der Waals surface area (Å²) in [4.78, 5) is 63.0. The van der Waals surface area contributed by atoms with E-state index in [-0.39, 0.29) is 16.7 Å². The smallest absolute Gasteiger partial charge is 0.326 e. The van der Waals surface area contributed by atoms with Crippen LogP contribution in [0.15, 0.2) is 24.3 Å². The van der Waals surface area contributed by atoms with Gasteiger partial charge < -0.3 is 14.8 Å². The summed E-state index contributed by atoms with van der Waals surface area (Å²) in [5.74, 6) is -2.18. The van der Waals surface area contributed by atoms with Crippen LogP contribution in [-0.2, 0) is 19.1 Å². The van der Waals surface area contributed by atoms with Crippen molar-refractivity contribution in [1.29, 1.82) is 0 Å². The number of nitrogens with zero attached hydrogens (tertiary/aromatic N) is 1. The molecule has 2 aliphatic rings. The Morgan fingerprint density at radius 1 is 1.17 bits per heavy atom. The van der Waals surface area contributed by atoms with Crippen molar-refractivity contribution in [2.75, 3.05) is 20.3 Å². The number of urea groups is 1. The van der Waals surface area contributed by atoms with E-state index >= 15 is 0 Å². The van der Waals surface area contributed by atoms with Gasteiger partial charge in [0.15, 0.2) is 6.61 Å². The molecule has 10 nitrogen and oxygen atoms in total. The number of benzene rings is 1. The van der Waals surface area contributed by atoms with Crippen molar-refractivity contribution in [2.45, 2.75) is 58.4 Å². The van der Waals surface area contributed by atoms with E-state index in [4.69, 9.17) is 9.47 Å². The molecule has 1 aliphatic heterocycles. The molecule has 1 aromatic rings. The van der Waals surface area contributed by atoms with Gasteiger partial charge in [-0.25, -0.2) is 4.79 Å². The average molecular weight is 488 g/mol. The lowest BCUT2D eigenvalue weighted by atomic mass is 9.65. The molecule has 0 radical (unpaired) electrons. The van der Waals surface area contributed by atoms with Gasteiger partial charge in [-0.2, -0.15) is 0 Å². The maximum absolute atomic E-state index is 13.1. The molecule has 0 bridgehead atoms. The largest absolute Gasteiger partial charge is 0.496 e. The molecule has 0 unspecified atom stereocenters. The Hall–Kier alpha value is -3.43. The molecule has 1 aromatic carbocycles.